The number of carbonyl (C=O) groups is 3. The first kappa shape index (κ1) is 27.5. The summed E-state index contributed by atoms with van der Waals surface area (Å²) in [6.45, 7) is 8.52. The molecule has 1 aliphatic heterocycles. The summed E-state index contributed by atoms with van der Waals surface area (Å²) < 4.78 is 0. The first-order chi connectivity index (χ1) is 16.2. The zero-order valence-electron chi connectivity index (χ0n) is 21.2. The molecule has 1 aromatic rings. The molecule has 2 amide bonds. The van der Waals surface area contributed by atoms with Crippen LogP contribution < -0.4 is 10.2 Å². The molecule has 2 rings (SSSR count). The molecule has 1 atom stereocenters. The Labute approximate surface area is 204 Å². The van der Waals surface area contributed by atoms with Gasteiger partial charge in [0.05, 0.1) is 11.3 Å². The molecule has 34 heavy (non-hydrogen) atoms. The number of carbonyl (C=O) groups excluding carboxylic acids is 2. The Morgan fingerprint density at radius 2 is 1.74 bits per heavy atom. The number of anilines is 1. The van der Waals surface area contributed by atoms with Crippen LogP contribution >= 0.6 is 0 Å². The van der Waals surface area contributed by atoms with Gasteiger partial charge in [0, 0.05) is 17.8 Å². The maximum atomic E-state index is 13.4. The van der Waals surface area contributed by atoms with Crippen LogP contribution in [0.1, 0.15) is 101 Å². The van der Waals surface area contributed by atoms with Gasteiger partial charge in [-0.1, -0.05) is 71.8 Å². The van der Waals surface area contributed by atoms with Gasteiger partial charge in [-0.2, -0.15) is 0 Å². The third-order valence-corrected chi connectivity index (χ3v) is 6.17. The lowest BCUT2D eigenvalue weighted by atomic mass is 10.0. The summed E-state index contributed by atoms with van der Waals surface area (Å²) >= 11 is 0. The van der Waals surface area contributed by atoms with Crippen molar-refractivity contribution in [2.24, 2.45) is 10.9 Å². The van der Waals surface area contributed by atoms with E-state index in [1.54, 1.807) is 6.07 Å². The molecule has 0 aromatic heterocycles. The molecule has 0 saturated carbocycles. The van der Waals surface area contributed by atoms with Crippen LogP contribution in [0.2, 0.25) is 0 Å². The van der Waals surface area contributed by atoms with Crippen LogP contribution in [0.15, 0.2) is 23.2 Å². The first-order valence-electron chi connectivity index (χ1n) is 12.7. The lowest BCUT2D eigenvalue weighted by molar-refractivity contribution is -0.124. The SMILES string of the molecule is CCCCCCCCCCNC(=O)CN1C(=O)[C@@H](CC(C)C)N=C(C)c2ccc(C(=O)O)cc21. The number of rotatable bonds is 14. The van der Waals surface area contributed by atoms with E-state index in [-0.39, 0.29) is 29.8 Å². The molecular weight excluding hydrogens is 430 g/mol. The second kappa shape index (κ2) is 13.9. The summed E-state index contributed by atoms with van der Waals surface area (Å²) in [5.74, 6) is -1.34. The summed E-state index contributed by atoms with van der Waals surface area (Å²) in [7, 11) is 0. The van der Waals surface area contributed by atoms with Gasteiger partial charge >= 0.3 is 5.97 Å². The van der Waals surface area contributed by atoms with Crippen molar-refractivity contribution in [2.75, 3.05) is 18.0 Å². The second-order valence-electron chi connectivity index (χ2n) is 9.65. The van der Waals surface area contributed by atoms with Crippen molar-refractivity contribution in [2.45, 2.75) is 91.5 Å². The Balaban J connectivity index is 2.05. The zero-order valence-corrected chi connectivity index (χ0v) is 21.2. The molecule has 1 heterocycles. The molecule has 0 aliphatic carbocycles. The van der Waals surface area contributed by atoms with Crippen LogP contribution in [-0.2, 0) is 9.59 Å². The highest BCUT2D eigenvalue weighted by Gasteiger charge is 2.32. The van der Waals surface area contributed by atoms with Gasteiger partial charge in [0.2, 0.25) is 5.91 Å². The molecule has 188 valence electrons. The average Bonchev–Trinajstić information content (AvgIpc) is 2.88. The highest BCUT2D eigenvalue weighted by molar-refractivity contribution is 6.14. The van der Waals surface area contributed by atoms with Gasteiger partial charge in [-0.15, -0.1) is 0 Å². The van der Waals surface area contributed by atoms with Gasteiger partial charge in [0.15, 0.2) is 0 Å². The van der Waals surface area contributed by atoms with Crippen molar-refractivity contribution in [3.63, 3.8) is 0 Å². The minimum absolute atomic E-state index is 0.0750. The number of carboxylic acids is 1. The summed E-state index contributed by atoms with van der Waals surface area (Å²) in [6, 6.07) is 4.06. The molecule has 0 fully saturated rings. The van der Waals surface area contributed by atoms with Gasteiger partial charge in [-0.3, -0.25) is 14.6 Å². The molecule has 0 bridgehead atoms. The highest BCUT2D eigenvalue weighted by Crippen LogP contribution is 2.29. The van der Waals surface area contributed by atoms with E-state index >= 15 is 0 Å². The van der Waals surface area contributed by atoms with E-state index < -0.39 is 12.0 Å². The fraction of sp³-hybridized carbons (Fsp3) is 0.630. The number of aliphatic imine (C=N–C) groups is 1. The van der Waals surface area contributed by atoms with E-state index in [2.05, 4.69) is 17.2 Å². The molecule has 7 heteroatoms. The molecule has 2 N–H and O–H groups in total. The van der Waals surface area contributed by atoms with Crippen molar-refractivity contribution >= 4 is 29.2 Å². The lowest BCUT2D eigenvalue weighted by Crippen LogP contribution is -2.45. The Morgan fingerprint density at radius 1 is 1.09 bits per heavy atom. The number of hydrogen-bond donors (Lipinski definition) is 2. The van der Waals surface area contributed by atoms with Gasteiger partial charge in [0.25, 0.3) is 5.91 Å². The Morgan fingerprint density at radius 3 is 2.35 bits per heavy atom. The average molecular weight is 472 g/mol. The zero-order chi connectivity index (χ0) is 25.1. The number of unbranched alkanes of at least 4 members (excludes halogenated alkanes) is 7. The van der Waals surface area contributed by atoms with E-state index in [0.717, 1.165) is 12.8 Å². The molecule has 0 saturated heterocycles. The quantitative estimate of drug-likeness (QED) is 0.364. The van der Waals surface area contributed by atoms with Crippen LogP contribution in [0.3, 0.4) is 0 Å². The summed E-state index contributed by atoms with van der Waals surface area (Å²) in [4.78, 5) is 43.8. The minimum atomic E-state index is -1.08. The number of fused-ring (bicyclic) bond motifs is 1. The van der Waals surface area contributed by atoms with Crippen molar-refractivity contribution in [1.29, 1.82) is 0 Å². The third kappa shape index (κ3) is 8.26. The van der Waals surface area contributed by atoms with Crippen molar-refractivity contribution in [1.82, 2.24) is 5.32 Å². The summed E-state index contributed by atoms with van der Waals surface area (Å²) in [5.41, 5.74) is 1.86. The number of nitrogens with zero attached hydrogens (tertiary/aromatic N) is 2. The number of amides is 2. The number of nitrogens with one attached hydrogen (secondary N) is 1. The number of benzodiazepines with no additional fused rings is 1. The molecule has 0 radical (unpaired) electrons. The van der Waals surface area contributed by atoms with Crippen LogP contribution in [0, 0.1) is 5.92 Å². The molecule has 0 unspecified atom stereocenters. The molecular formula is C27H41N3O4. The topological polar surface area (TPSA) is 99.1 Å². The predicted molar refractivity (Wildman–Crippen MR) is 137 cm³/mol. The van der Waals surface area contributed by atoms with E-state index in [1.165, 1.54) is 55.6 Å². The van der Waals surface area contributed by atoms with Crippen molar-refractivity contribution in [3.05, 3.63) is 29.3 Å². The van der Waals surface area contributed by atoms with E-state index in [1.807, 2.05) is 20.8 Å². The van der Waals surface area contributed by atoms with Crippen molar-refractivity contribution < 1.29 is 19.5 Å². The molecule has 1 aromatic carbocycles. The second-order valence-corrected chi connectivity index (χ2v) is 9.65. The number of carboxylic acid groups (broad SMARTS) is 1. The molecule has 0 spiro atoms. The van der Waals surface area contributed by atoms with Crippen LogP contribution in [0.25, 0.3) is 0 Å². The normalized spacial score (nSPS) is 15.7. The third-order valence-electron chi connectivity index (χ3n) is 6.17. The van der Waals surface area contributed by atoms with Crippen LogP contribution in [0.4, 0.5) is 5.69 Å². The smallest absolute Gasteiger partial charge is 0.335 e. The fourth-order valence-corrected chi connectivity index (χ4v) is 4.30. The monoisotopic (exact) mass is 471 g/mol. The van der Waals surface area contributed by atoms with Gasteiger partial charge < -0.3 is 15.3 Å². The minimum Gasteiger partial charge on any atom is -0.478 e. The number of aromatic carboxylic acids is 1. The van der Waals surface area contributed by atoms with Gasteiger partial charge in [0.1, 0.15) is 12.6 Å². The van der Waals surface area contributed by atoms with Crippen LogP contribution in [-0.4, -0.2) is 47.7 Å². The maximum absolute atomic E-state index is 13.4. The molecule has 1 aliphatic rings. The Hall–Kier alpha value is -2.70. The van der Waals surface area contributed by atoms with Gasteiger partial charge in [-0.05, 0) is 37.8 Å². The number of hydrogen-bond acceptors (Lipinski definition) is 4. The highest BCUT2D eigenvalue weighted by atomic mass is 16.4. The maximum Gasteiger partial charge on any atom is 0.335 e. The standard InChI is InChI=1S/C27H41N3O4/c1-5-6-7-8-9-10-11-12-15-28-25(31)18-30-24-17-21(27(33)34)13-14-22(24)20(4)29-23(26(30)32)16-19(2)3/h13-14,17,19,23H,5-12,15-16,18H2,1-4H3,(H,28,31)(H,33,34)/t23-/m1/s1. The Bertz CT molecular complexity index is 879. The predicted octanol–water partition coefficient (Wildman–Crippen LogP) is 5.21. The summed E-state index contributed by atoms with van der Waals surface area (Å²) in [5, 5.41) is 12.4. The lowest BCUT2D eigenvalue weighted by Gasteiger charge is -2.25. The largest absolute Gasteiger partial charge is 0.478 e. The summed E-state index contributed by atoms with van der Waals surface area (Å²) in [6.07, 6.45) is 10.1. The van der Waals surface area contributed by atoms with Gasteiger partial charge in [-0.25, -0.2) is 4.79 Å². The van der Waals surface area contributed by atoms with Crippen LogP contribution in [0.5, 0.6) is 0 Å². The first-order valence-corrected chi connectivity index (χ1v) is 12.7. The van der Waals surface area contributed by atoms with E-state index in [9.17, 15) is 19.5 Å². The van der Waals surface area contributed by atoms with E-state index in [4.69, 9.17) is 0 Å². The number of benzene rings is 1. The Kier molecular flexibility index (Phi) is 11.2. The molecule has 7 nitrogen and oxygen atoms in total. The fourth-order valence-electron chi connectivity index (χ4n) is 4.30. The van der Waals surface area contributed by atoms with E-state index in [0.29, 0.717) is 29.9 Å². The van der Waals surface area contributed by atoms with Crippen molar-refractivity contribution in [3.8, 4) is 0 Å².